The summed E-state index contributed by atoms with van der Waals surface area (Å²) < 4.78 is 10.5. The van der Waals surface area contributed by atoms with E-state index in [1.807, 2.05) is 12.1 Å². The predicted octanol–water partition coefficient (Wildman–Crippen LogP) is 2.36. The Bertz CT molecular complexity index is 946. The molecule has 0 amide bonds. The van der Waals surface area contributed by atoms with E-state index in [4.69, 9.17) is 14.6 Å². The van der Waals surface area contributed by atoms with E-state index in [0.29, 0.717) is 50.4 Å². The topological polar surface area (TPSA) is 140 Å². The zero-order valence-electron chi connectivity index (χ0n) is 17.4. The smallest absolute Gasteiger partial charge is 0.353 e. The number of nitrogens with zero attached hydrogens (tertiary/aromatic N) is 4. The zero-order chi connectivity index (χ0) is 22.4. The average Bonchev–Trinajstić information content (AvgIpc) is 2.78. The number of methoxy groups -OCH3 is 2. The second-order valence-electron chi connectivity index (χ2n) is 7.12. The van der Waals surface area contributed by atoms with E-state index in [0.717, 1.165) is 5.56 Å². The Hall–Kier alpha value is -3.63. The Morgan fingerprint density at radius 1 is 1.26 bits per heavy atom. The molecule has 0 atom stereocenters. The number of carbonyl (C=O) groups is 1. The highest BCUT2D eigenvalue weighted by atomic mass is 16.6. The molecule has 0 bridgehead atoms. The number of aliphatic carboxylic acids is 1. The molecule has 11 heteroatoms. The van der Waals surface area contributed by atoms with Gasteiger partial charge in [-0.2, -0.15) is 0 Å². The number of rotatable bonds is 9. The lowest BCUT2D eigenvalue weighted by molar-refractivity contribution is -0.383. The van der Waals surface area contributed by atoms with Gasteiger partial charge in [0.25, 0.3) is 0 Å². The van der Waals surface area contributed by atoms with Crippen molar-refractivity contribution in [2.75, 3.05) is 44.1 Å². The van der Waals surface area contributed by atoms with Crippen molar-refractivity contribution in [3.8, 4) is 11.5 Å². The van der Waals surface area contributed by atoms with Crippen LogP contribution in [0.2, 0.25) is 0 Å². The van der Waals surface area contributed by atoms with Crippen molar-refractivity contribution < 1.29 is 24.3 Å². The summed E-state index contributed by atoms with van der Waals surface area (Å²) in [5.41, 5.74) is 0.765. The monoisotopic (exact) mass is 431 g/mol. The molecular formula is C20H25N5O6. The number of hydrogen-bond donors (Lipinski definition) is 2. The van der Waals surface area contributed by atoms with Crippen LogP contribution in [0.5, 0.6) is 11.5 Å². The molecule has 11 nitrogen and oxygen atoms in total. The lowest BCUT2D eigenvalue weighted by Crippen LogP contribution is -2.37. The summed E-state index contributed by atoms with van der Waals surface area (Å²) in [7, 11) is 3.12. The van der Waals surface area contributed by atoms with Crippen molar-refractivity contribution in [1.82, 2.24) is 9.97 Å². The van der Waals surface area contributed by atoms with Crippen molar-refractivity contribution >= 4 is 23.3 Å². The molecular weight excluding hydrogens is 406 g/mol. The lowest BCUT2D eigenvalue weighted by atomic mass is 9.97. The first-order valence-corrected chi connectivity index (χ1v) is 9.86. The number of hydrogen-bond acceptors (Lipinski definition) is 9. The second kappa shape index (κ2) is 9.92. The largest absolute Gasteiger partial charge is 0.493 e. The van der Waals surface area contributed by atoms with Gasteiger partial charge in [0.15, 0.2) is 11.5 Å². The average molecular weight is 431 g/mol. The van der Waals surface area contributed by atoms with Gasteiger partial charge in [-0.25, -0.2) is 9.97 Å². The van der Waals surface area contributed by atoms with Crippen molar-refractivity contribution in [2.45, 2.75) is 19.3 Å². The quantitative estimate of drug-likeness (QED) is 0.449. The number of aromatic nitrogens is 2. The van der Waals surface area contributed by atoms with Crippen molar-refractivity contribution in [3.05, 3.63) is 40.2 Å². The number of nitro groups is 1. The van der Waals surface area contributed by atoms with Gasteiger partial charge in [0.1, 0.15) is 6.33 Å². The van der Waals surface area contributed by atoms with Crippen molar-refractivity contribution in [3.63, 3.8) is 0 Å². The summed E-state index contributed by atoms with van der Waals surface area (Å²) in [4.78, 5) is 32.4. The summed E-state index contributed by atoms with van der Waals surface area (Å²) in [6, 6.07) is 5.56. The summed E-state index contributed by atoms with van der Waals surface area (Å²) in [5, 5.41) is 24.0. The van der Waals surface area contributed by atoms with Gasteiger partial charge in [0, 0.05) is 19.6 Å². The van der Waals surface area contributed by atoms with E-state index in [1.165, 1.54) is 6.33 Å². The first-order chi connectivity index (χ1) is 14.9. The summed E-state index contributed by atoms with van der Waals surface area (Å²) in [5.74, 6) is 0.306. The molecule has 0 spiro atoms. The molecule has 1 aliphatic rings. The van der Waals surface area contributed by atoms with Gasteiger partial charge in [-0.1, -0.05) is 6.07 Å². The van der Waals surface area contributed by atoms with E-state index in [-0.39, 0.29) is 17.3 Å². The van der Waals surface area contributed by atoms with Gasteiger partial charge in [-0.15, -0.1) is 0 Å². The maximum atomic E-state index is 11.8. The van der Waals surface area contributed by atoms with Crippen LogP contribution in [-0.2, 0) is 11.2 Å². The Morgan fingerprint density at radius 3 is 2.58 bits per heavy atom. The van der Waals surface area contributed by atoms with Gasteiger partial charge < -0.3 is 24.8 Å². The molecule has 2 aromatic rings. The maximum Gasteiger partial charge on any atom is 0.353 e. The summed E-state index contributed by atoms with van der Waals surface area (Å²) >= 11 is 0. The van der Waals surface area contributed by atoms with Crippen LogP contribution >= 0.6 is 0 Å². The molecule has 1 aromatic heterocycles. The minimum Gasteiger partial charge on any atom is -0.493 e. The molecule has 166 valence electrons. The first kappa shape index (κ1) is 22.1. The SMILES string of the molecule is COc1ccc(CCNc2ncnc(N3CCC(C(=O)O)CC3)c2[N+](=O)[O-])cc1OC. The highest BCUT2D eigenvalue weighted by Gasteiger charge is 2.31. The van der Waals surface area contributed by atoms with E-state index in [1.54, 1.807) is 25.2 Å². The Kier molecular flexibility index (Phi) is 7.06. The first-order valence-electron chi connectivity index (χ1n) is 9.86. The molecule has 0 radical (unpaired) electrons. The molecule has 0 aliphatic carbocycles. The number of anilines is 2. The third kappa shape index (κ3) is 5.11. The second-order valence-corrected chi connectivity index (χ2v) is 7.12. The van der Waals surface area contributed by atoms with Crippen LogP contribution in [0.1, 0.15) is 18.4 Å². The molecule has 1 aromatic carbocycles. The zero-order valence-corrected chi connectivity index (χ0v) is 17.4. The van der Waals surface area contributed by atoms with Crippen LogP contribution in [0.15, 0.2) is 24.5 Å². The van der Waals surface area contributed by atoms with Gasteiger partial charge in [0.2, 0.25) is 11.6 Å². The standard InChI is InChI=1S/C20H25N5O6/c1-30-15-4-3-13(11-16(15)31-2)5-8-21-18-17(25(28)29)19(23-12-22-18)24-9-6-14(7-10-24)20(26)27/h3-4,11-12,14H,5-10H2,1-2H3,(H,26,27)(H,21,22,23). The van der Waals surface area contributed by atoms with Crippen molar-refractivity contribution in [1.29, 1.82) is 0 Å². The molecule has 3 rings (SSSR count). The Labute approximate surface area is 179 Å². The predicted molar refractivity (Wildman–Crippen MR) is 113 cm³/mol. The molecule has 2 heterocycles. The normalized spacial score (nSPS) is 14.2. The number of nitrogens with one attached hydrogen (secondary N) is 1. The van der Waals surface area contributed by atoms with Crippen LogP contribution in [0, 0.1) is 16.0 Å². The van der Waals surface area contributed by atoms with E-state index >= 15 is 0 Å². The third-order valence-corrected chi connectivity index (χ3v) is 5.28. The van der Waals surface area contributed by atoms with Gasteiger partial charge >= 0.3 is 11.7 Å². The highest BCUT2D eigenvalue weighted by Crippen LogP contribution is 2.34. The van der Waals surface area contributed by atoms with Crippen LogP contribution in [0.3, 0.4) is 0 Å². The van der Waals surface area contributed by atoms with E-state index in [2.05, 4.69) is 15.3 Å². The van der Waals surface area contributed by atoms with Gasteiger partial charge in [-0.05, 0) is 37.0 Å². The molecule has 1 saturated heterocycles. The molecule has 31 heavy (non-hydrogen) atoms. The number of carboxylic acid groups (broad SMARTS) is 1. The minimum absolute atomic E-state index is 0.135. The molecule has 1 aliphatic heterocycles. The summed E-state index contributed by atoms with van der Waals surface area (Å²) in [6.07, 6.45) is 2.70. The van der Waals surface area contributed by atoms with Crippen LogP contribution in [0.25, 0.3) is 0 Å². The van der Waals surface area contributed by atoms with Crippen LogP contribution in [0.4, 0.5) is 17.3 Å². The van der Waals surface area contributed by atoms with Crippen LogP contribution < -0.4 is 19.7 Å². The summed E-state index contributed by atoms with van der Waals surface area (Å²) in [6.45, 7) is 1.19. The lowest BCUT2D eigenvalue weighted by Gasteiger charge is -2.30. The third-order valence-electron chi connectivity index (χ3n) is 5.28. The molecule has 2 N–H and O–H groups in total. The van der Waals surface area contributed by atoms with E-state index in [9.17, 15) is 14.9 Å². The fourth-order valence-electron chi connectivity index (χ4n) is 3.60. The highest BCUT2D eigenvalue weighted by molar-refractivity contribution is 5.72. The van der Waals surface area contributed by atoms with Crippen molar-refractivity contribution in [2.24, 2.45) is 5.92 Å². The van der Waals surface area contributed by atoms with E-state index < -0.39 is 16.8 Å². The van der Waals surface area contributed by atoms with Crippen LogP contribution in [-0.4, -0.2) is 59.8 Å². The molecule has 0 unspecified atom stereocenters. The maximum absolute atomic E-state index is 11.8. The fourth-order valence-corrected chi connectivity index (χ4v) is 3.60. The minimum atomic E-state index is -0.839. The fraction of sp³-hybridized carbons (Fsp3) is 0.450. The van der Waals surface area contributed by atoms with Gasteiger partial charge in [0.05, 0.1) is 25.1 Å². The number of benzene rings is 1. The number of piperidine rings is 1. The molecule has 1 fully saturated rings. The number of ether oxygens (including phenoxy) is 2. The Morgan fingerprint density at radius 2 is 1.97 bits per heavy atom. The Balaban J connectivity index is 1.71. The van der Waals surface area contributed by atoms with Gasteiger partial charge in [-0.3, -0.25) is 14.9 Å². The number of carboxylic acids is 1. The molecule has 0 saturated carbocycles.